The van der Waals surface area contributed by atoms with E-state index < -0.39 is 0 Å². The highest BCUT2D eigenvalue weighted by Crippen LogP contribution is 2.18. The Bertz CT molecular complexity index is 891. The zero-order valence-corrected chi connectivity index (χ0v) is 32.8. The number of rotatable bonds is 37. The molecular formula is C44H77NO5. The molecule has 6 heteroatoms. The van der Waals surface area contributed by atoms with E-state index in [0.717, 1.165) is 109 Å². The van der Waals surface area contributed by atoms with E-state index in [2.05, 4.69) is 58.2 Å². The van der Waals surface area contributed by atoms with Crippen molar-refractivity contribution in [1.29, 1.82) is 0 Å². The highest BCUT2D eigenvalue weighted by molar-refractivity contribution is 5.69. The van der Waals surface area contributed by atoms with Crippen LogP contribution < -0.4 is 0 Å². The maximum Gasteiger partial charge on any atom is 0.306 e. The average Bonchev–Trinajstić information content (AvgIpc) is 3.10. The Labute approximate surface area is 308 Å². The van der Waals surface area contributed by atoms with Crippen LogP contribution in [0.3, 0.4) is 0 Å². The minimum atomic E-state index is -0.116. The first kappa shape index (κ1) is 47.5. The van der Waals surface area contributed by atoms with Crippen LogP contribution in [0.2, 0.25) is 0 Å². The lowest BCUT2D eigenvalue weighted by Gasteiger charge is -2.18. The summed E-state index contributed by atoms with van der Waals surface area (Å²) in [4.78, 5) is 36.1. The Balaban J connectivity index is 4.01. The van der Waals surface area contributed by atoms with Gasteiger partial charge in [-0.25, -0.2) is 0 Å². The van der Waals surface area contributed by atoms with Crippen molar-refractivity contribution in [1.82, 2.24) is 4.90 Å². The Hall–Kier alpha value is -2.47. The van der Waals surface area contributed by atoms with E-state index in [9.17, 15) is 14.4 Å². The fourth-order valence-electron chi connectivity index (χ4n) is 5.87. The van der Waals surface area contributed by atoms with Gasteiger partial charge in [-0.15, -0.1) is 0 Å². The van der Waals surface area contributed by atoms with Crippen LogP contribution in [0.1, 0.15) is 180 Å². The summed E-state index contributed by atoms with van der Waals surface area (Å²) in [5.74, 6) is -0.136. The molecule has 50 heavy (non-hydrogen) atoms. The second-order valence-corrected chi connectivity index (χ2v) is 14.0. The van der Waals surface area contributed by atoms with E-state index in [1.807, 2.05) is 14.1 Å². The monoisotopic (exact) mass is 700 g/mol. The van der Waals surface area contributed by atoms with Crippen molar-refractivity contribution < 1.29 is 23.9 Å². The molecule has 0 radical (unpaired) electrons. The third-order valence-electron chi connectivity index (χ3n) is 8.96. The van der Waals surface area contributed by atoms with Gasteiger partial charge in [0.1, 0.15) is 12.4 Å². The molecule has 0 aliphatic carbocycles. The van der Waals surface area contributed by atoms with Crippen LogP contribution in [-0.2, 0) is 23.9 Å². The summed E-state index contributed by atoms with van der Waals surface area (Å²) in [6.07, 6.45) is 49.1. The molecule has 0 rings (SSSR count). The number of carbonyl (C=O) groups excluding carboxylic acids is 3. The molecule has 0 aromatic rings. The van der Waals surface area contributed by atoms with E-state index >= 15 is 0 Å². The number of methoxy groups -OCH3 is 1. The molecule has 0 spiro atoms. The number of hydrogen-bond donors (Lipinski definition) is 0. The highest BCUT2D eigenvalue weighted by Gasteiger charge is 2.14. The predicted molar refractivity (Wildman–Crippen MR) is 212 cm³/mol. The molecule has 0 saturated heterocycles. The summed E-state index contributed by atoms with van der Waals surface area (Å²) < 4.78 is 10.7. The molecule has 0 amide bonds. The molecule has 288 valence electrons. The van der Waals surface area contributed by atoms with Gasteiger partial charge in [0, 0.05) is 19.3 Å². The third kappa shape index (κ3) is 38.3. The fraction of sp³-hybridized carbons (Fsp3) is 0.750. The molecule has 0 N–H and O–H groups in total. The molecular weight excluding hydrogens is 622 g/mol. The summed E-state index contributed by atoms with van der Waals surface area (Å²) in [6, 6.07) is 0. The van der Waals surface area contributed by atoms with Crippen LogP contribution in [0, 0.1) is 0 Å². The second kappa shape index (κ2) is 39.3. The number of hydrogen-bond acceptors (Lipinski definition) is 6. The second-order valence-electron chi connectivity index (χ2n) is 14.0. The first-order chi connectivity index (χ1) is 24.5. The van der Waals surface area contributed by atoms with Crippen LogP contribution in [-0.4, -0.2) is 57.0 Å². The molecule has 0 aromatic heterocycles. The first-order valence-electron chi connectivity index (χ1n) is 20.4. The summed E-state index contributed by atoms with van der Waals surface area (Å²) in [6.45, 7) is 0.921. The molecule has 0 aliphatic rings. The molecule has 6 nitrogen and oxygen atoms in total. The molecule has 0 heterocycles. The predicted octanol–water partition coefficient (Wildman–Crippen LogP) is 12.0. The van der Waals surface area contributed by atoms with Gasteiger partial charge in [-0.05, 0) is 130 Å². The SMILES string of the molecule is COC(=O)CCCC/C=C\C/C=C\CCCCCCCCC(CCCCCCCC/C=C\C/C=C\CCCCC=O)OC(=O)CCCN(C)C. The average molecular weight is 700 g/mol. The number of ether oxygens (including phenoxy) is 2. The summed E-state index contributed by atoms with van der Waals surface area (Å²) in [5.41, 5.74) is 0. The summed E-state index contributed by atoms with van der Waals surface area (Å²) in [5, 5.41) is 0. The number of allylic oxidation sites excluding steroid dienone is 8. The van der Waals surface area contributed by atoms with Crippen molar-refractivity contribution in [2.75, 3.05) is 27.7 Å². The van der Waals surface area contributed by atoms with Gasteiger partial charge in [-0.1, -0.05) is 100.0 Å². The molecule has 0 fully saturated rings. The van der Waals surface area contributed by atoms with Gasteiger partial charge in [0.25, 0.3) is 0 Å². The van der Waals surface area contributed by atoms with Gasteiger partial charge in [0.2, 0.25) is 0 Å². The highest BCUT2D eigenvalue weighted by atomic mass is 16.5. The maximum atomic E-state index is 12.5. The van der Waals surface area contributed by atoms with Crippen LogP contribution in [0.25, 0.3) is 0 Å². The maximum absolute atomic E-state index is 12.5. The van der Waals surface area contributed by atoms with Crippen molar-refractivity contribution in [3.63, 3.8) is 0 Å². The lowest BCUT2D eigenvalue weighted by molar-refractivity contribution is -0.150. The minimum Gasteiger partial charge on any atom is -0.469 e. The van der Waals surface area contributed by atoms with Gasteiger partial charge < -0.3 is 19.2 Å². The van der Waals surface area contributed by atoms with Crippen LogP contribution in [0.5, 0.6) is 0 Å². The molecule has 1 atom stereocenters. The van der Waals surface area contributed by atoms with E-state index in [-0.39, 0.29) is 18.0 Å². The lowest BCUT2D eigenvalue weighted by Crippen LogP contribution is -2.20. The number of aldehydes is 1. The van der Waals surface area contributed by atoms with Crippen molar-refractivity contribution >= 4 is 18.2 Å². The van der Waals surface area contributed by atoms with E-state index in [1.54, 1.807) is 0 Å². The Morgan fingerprint density at radius 1 is 0.500 bits per heavy atom. The number of unbranched alkanes of at least 4 members (excludes halogenated alkanes) is 17. The van der Waals surface area contributed by atoms with Gasteiger partial charge in [0.05, 0.1) is 7.11 Å². The standard InChI is InChI=1S/C44H77NO5/c1-45(2)40-35-39-44(48)50-42(36-31-27-23-19-15-11-7-4-5-10-14-18-22-26-30-34-41-46)37-32-28-24-20-16-12-8-6-9-13-17-21-25-29-33-38-43(47)49-3/h4-6,9,14,17-18,21,41-42H,7-8,10-13,15-16,19-20,22-40H2,1-3H3/b5-4-,9-6-,18-14-,21-17-. The first-order valence-corrected chi connectivity index (χ1v) is 20.4. The van der Waals surface area contributed by atoms with Crippen molar-refractivity contribution in [2.24, 2.45) is 0 Å². The van der Waals surface area contributed by atoms with Gasteiger partial charge in [-0.3, -0.25) is 9.59 Å². The smallest absolute Gasteiger partial charge is 0.306 e. The lowest BCUT2D eigenvalue weighted by atomic mass is 10.0. The topological polar surface area (TPSA) is 72.9 Å². The van der Waals surface area contributed by atoms with Crippen LogP contribution in [0.15, 0.2) is 48.6 Å². The van der Waals surface area contributed by atoms with E-state index in [1.165, 1.54) is 71.3 Å². The Morgan fingerprint density at radius 2 is 0.900 bits per heavy atom. The van der Waals surface area contributed by atoms with Gasteiger partial charge >= 0.3 is 11.9 Å². The largest absolute Gasteiger partial charge is 0.469 e. The zero-order chi connectivity index (χ0) is 36.6. The fourth-order valence-corrected chi connectivity index (χ4v) is 5.87. The number of esters is 2. The van der Waals surface area contributed by atoms with E-state index in [4.69, 9.17) is 4.74 Å². The summed E-state index contributed by atoms with van der Waals surface area (Å²) in [7, 11) is 5.53. The normalized spacial score (nSPS) is 12.6. The quantitative estimate of drug-likeness (QED) is 0.0278. The van der Waals surface area contributed by atoms with Crippen LogP contribution >= 0.6 is 0 Å². The molecule has 0 aromatic carbocycles. The Kier molecular flexibility index (Phi) is 37.4. The molecule has 0 bridgehead atoms. The number of carbonyl (C=O) groups is 3. The molecule has 1 unspecified atom stereocenters. The van der Waals surface area contributed by atoms with Crippen molar-refractivity contribution in [2.45, 2.75) is 186 Å². The minimum absolute atomic E-state index is 0.0193. The third-order valence-corrected chi connectivity index (χ3v) is 8.96. The van der Waals surface area contributed by atoms with Crippen molar-refractivity contribution in [3.05, 3.63) is 48.6 Å². The summed E-state index contributed by atoms with van der Waals surface area (Å²) >= 11 is 0. The van der Waals surface area contributed by atoms with Crippen LogP contribution in [0.4, 0.5) is 0 Å². The van der Waals surface area contributed by atoms with Gasteiger partial charge in [-0.2, -0.15) is 0 Å². The molecule has 0 saturated carbocycles. The molecule has 0 aliphatic heterocycles. The van der Waals surface area contributed by atoms with E-state index in [0.29, 0.717) is 19.3 Å². The zero-order valence-electron chi connectivity index (χ0n) is 32.8. The number of nitrogens with zero attached hydrogens (tertiary/aromatic N) is 1. The van der Waals surface area contributed by atoms with Crippen molar-refractivity contribution in [3.8, 4) is 0 Å². The van der Waals surface area contributed by atoms with Gasteiger partial charge in [0.15, 0.2) is 0 Å². The Morgan fingerprint density at radius 3 is 1.36 bits per heavy atom.